The molecule has 32 heavy (non-hydrogen) atoms. The van der Waals surface area contributed by atoms with Gasteiger partial charge in [-0.15, -0.1) is 0 Å². The van der Waals surface area contributed by atoms with Crippen LogP contribution in [0.5, 0.6) is 5.88 Å². The number of pyridine rings is 2. The van der Waals surface area contributed by atoms with Crippen LogP contribution in [-0.2, 0) is 13.1 Å². The number of rotatable bonds is 9. The Hall–Kier alpha value is -3.49. The Labute approximate surface area is 187 Å². The number of hydrogen-bond acceptors (Lipinski definition) is 7. The molecular formula is C23H30N8O. The molecule has 9 heteroatoms. The number of nitrogens with one attached hydrogen (secondary N) is 1. The van der Waals surface area contributed by atoms with Gasteiger partial charge in [-0.3, -0.25) is 9.36 Å². The first-order valence-electron chi connectivity index (χ1n) is 11.1. The van der Waals surface area contributed by atoms with Crippen molar-refractivity contribution < 1.29 is 4.74 Å². The number of ether oxygens (including phenoxy) is 1. The average molecular weight is 435 g/mol. The maximum absolute atomic E-state index is 5.90. The summed E-state index contributed by atoms with van der Waals surface area (Å²) in [5.41, 5.74) is 5.28. The highest BCUT2D eigenvalue weighted by molar-refractivity contribution is 5.93. The van der Waals surface area contributed by atoms with Crippen LogP contribution < -0.4 is 10.1 Å². The Kier molecular flexibility index (Phi) is 6.34. The van der Waals surface area contributed by atoms with Gasteiger partial charge in [0, 0.05) is 18.8 Å². The van der Waals surface area contributed by atoms with Crippen molar-refractivity contribution in [2.24, 2.45) is 0 Å². The van der Waals surface area contributed by atoms with Crippen molar-refractivity contribution in [3.63, 3.8) is 0 Å². The number of anilines is 1. The third-order valence-electron chi connectivity index (χ3n) is 5.15. The lowest BCUT2D eigenvalue weighted by Crippen LogP contribution is -2.08. The van der Waals surface area contributed by atoms with E-state index < -0.39 is 0 Å². The first-order chi connectivity index (χ1) is 15.5. The molecule has 9 nitrogen and oxygen atoms in total. The van der Waals surface area contributed by atoms with Crippen LogP contribution in [0, 0.1) is 6.92 Å². The summed E-state index contributed by atoms with van der Waals surface area (Å²) in [6.45, 7) is 12.2. The predicted molar refractivity (Wildman–Crippen MR) is 125 cm³/mol. The number of nitrogens with zero attached hydrogens (tertiary/aromatic N) is 7. The summed E-state index contributed by atoms with van der Waals surface area (Å²) in [6.07, 6.45) is 4.40. The third kappa shape index (κ3) is 4.28. The largest absolute Gasteiger partial charge is 0.477 e. The molecule has 0 radical (unpaired) electrons. The molecule has 0 aromatic carbocycles. The summed E-state index contributed by atoms with van der Waals surface area (Å²) in [6, 6.07) is 6.12. The molecule has 0 spiro atoms. The summed E-state index contributed by atoms with van der Waals surface area (Å²) in [5.74, 6) is 1.32. The van der Waals surface area contributed by atoms with E-state index in [1.807, 2.05) is 41.4 Å². The number of fused-ring (bicyclic) bond motifs is 1. The van der Waals surface area contributed by atoms with Crippen LogP contribution in [-0.4, -0.2) is 41.1 Å². The highest BCUT2D eigenvalue weighted by Crippen LogP contribution is 2.34. The van der Waals surface area contributed by atoms with Gasteiger partial charge in [0.05, 0.1) is 35.8 Å². The van der Waals surface area contributed by atoms with Crippen LogP contribution in [0.2, 0.25) is 0 Å². The molecule has 0 saturated heterocycles. The minimum Gasteiger partial charge on any atom is -0.477 e. The molecule has 0 fully saturated rings. The quantitative estimate of drug-likeness (QED) is 0.417. The van der Waals surface area contributed by atoms with Gasteiger partial charge < -0.3 is 10.1 Å². The van der Waals surface area contributed by atoms with E-state index in [0.717, 1.165) is 52.5 Å². The molecular weight excluding hydrogens is 404 g/mol. The van der Waals surface area contributed by atoms with Gasteiger partial charge >= 0.3 is 0 Å². The highest BCUT2D eigenvalue weighted by atomic mass is 16.5. The lowest BCUT2D eigenvalue weighted by Gasteiger charge is -2.14. The molecule has 0 aliphatic carbocycles. The first kappa shape index (κ1) is 21.7. The minimum absolute atomic E-state index is 0.193. The summed E-state index contributed by atoms with van der Waals surface area (Å²) in [7, 11) is 0. The molecule has 0 atom stereocenters. The van der Waals surface area contributed by atoms with Gasteiger partial charge in [0.2, 0.25) is 5.88 Å². The Morgan fingerprint density at radius 3 is 2.72 bits per heavy atom. The van der Waals surface area contributed by atoms with Crippen LogP contribution in [0.3, 0.4) is 0 Å². The van der Waals surface area contributed by atoms with Crippen LogP contribution in [0.4, 0.5) is 5.69 Å². The van der Waals surface area contributed by atoms with Crippen molar-refractivity contribution in [3.8, 4) is 17.1 Å². The van der Waals surface area contributed by atoms with Gasteiger partial charge in [-0.2, -0.15) is 10.2 Å². The lowest BCUT2D eigenvalue weighted by atomic mass is 10.1. The molecule has 1 N–H and O–H groups in total. The lowest BCUT2D eigenvalue weighted by molar-refractivity contribution is 0.306. The normalized spacial score (nSPS) is 11.4. The SMILES string of the molecule is CCCOc1ncccc1-c1cc(NCc2ncn(CC)n2)c2c(n1)c(C)nn2C(C)C. The molecule has 4 rings (SSSR count). The summed E-state index contributed by atoms with van der Waals surface area (Å²) < 4.78 is 9.73. The van der Waals surface area contributed by atoms with E-state index in [1.54, 1.807) is 12.5 Å². The monoisotopic (exact) mass is 434 g/mol. The van der Waals surface area contributed by atoms with E-state index in [1.165, 1.54) is 0 Å². The van der Waals surface area contributed by atoms with Gasteiger partial charge in [-0.1, -0.05) is 6.92 Å². The fourth-order valence-corrected chi connectivity index (χ4v) is 3.57. The Morgan fingerprint density at radius 2 is 2.00 bits per heavy atom. The van der Waals surface area contributed by atoms with Crippen molar-refractivity contribution in [2.75, 3.05) is 11.9 Å². The minimum atomic E-state index is 0.193. The van der Waals surface area contributed by atoms with Gasteiger partial charge in [0.15, 0.2) is 5.82 Å². The standard InChI is InChI=1S/C23H30N8O/c1-6-11-32-23-17(9-8-10-24-23)18-12-19(25-13-20-26-14-30(7-2)29-20)22-21(27-18)16(5)28-31(22)15(3)4/h8-10,12,14-15H,6-7,11,13H2,1-5H3,(H,25,27). The predicted octanol–water partition coefficient (Wildman–Crippen LogP) is 4.39. The number of hydrogen-bond donors (Lipinski definition) is 1. The summed E-state index contributed by atoms with van der Waals surface area (Å²) in [4.78, 5) is 13.8. The third-order valence-corrected chi connectivity index (χ3v) is 5.15. The maximum atomic E-state index is 5.90. The van der Waals surface area contributed by atoms with E-state index >= 15 is 0 Å². The fourth-order valence-electron chi connectivity index (χ4n) is 3.57. The maximum Gasteiger partial charge on any atom is 0.222 e. The van der Waals surface area contributed by atoms with Crippen molar-refractivity contribution in [3.05, 3.63) is 42.2 Å². The van der Waals surface area contributed by atoms with E-state index in [-0.39, 0.29) is 6.04 Å². The van der Waals surface area contributed by atoms with Crippen LogP contribution in [0.25, 0.3) is 22.3 Å². The molecule has 0 aliphatic rings. The van der Waals surface area contributed by atoms with Gasteiger partial charge in [0.1, 0.15) is 17.4 Å². The average Bonchev–Trinajstić information content (AvgIpc) is 3.40. The highest BCUT2D eigenvalue weighted by Gasteiger charge is 2.19. The first-order valence-corrected chi connectivity index (χ1v) is 11.1. The zero-order valence-electron chi connectivity index (χ0n) is 19.3. The molecule has 4 aromatic rings. The summed E-state index contributed by atoms with van der Waals surface area (Å²) in [5, 5.41) is 12.8. The Morgan fingerprint density at radius 1 is 1.16 bits per heavy atom. The van der Waals surface area contributed by atoms with Gasteiger partial charge in [-0.25, -0.2) is 15.0 Å². The van der Waals surface area contributed by atoms with Crippen molar-refractivity contribution in [2.45, 2.75) is 60.2 Å². The van der Waals surface area contributed by atoms with E-state index in [0.29, 0.717) is 19.0 Å². The number of aryl methyl sites for hydroxylation is 2. The molecule has 0 bridgehead atoms. The molecule has 4 heterocycles. The van der Waals surface area contributed by atoms with E-state index in [9.17, 15) is 0 Å². The molecule has 0 aliphatic heterocycles. The zero-order chi connectivity index (χ0) is 22.7. The van der Waals surface area contributed by atoms with Crippen LogP contribution in [0.15, 0.2) is 30.7 Å². The van der Waals surface area contributed by atoms with Gasteiger partial charge in [-0.05, 0) is 52.3 Å². The molecule has 0 amide bonds. The van der Waals surface area contributed by atoms with Crippen LogP contribution in [0.1, 0.15) is 51.7 Å². The second-order valence-electron chi connectivity index (χ2n) is 7.95. The Bertz CT molecular complexity index is 1210. The zero-order valence-corrected chi connectivity index (χ0v) is 19.3. The van der Waals surface area contributed by atoms with Crippen molar-refractivity contribution >= 4 is 16.7 Å². The smallest absolute Gasteiger partial charge is 0.222 e. The summed E-state index contributed by atoms with van der Waals surface area (Å²) >= 11 is 0. The topological polar surface area (TPSA) is 95.6 Å². The van der Waals surface area contributed by atoms with E-state index in [4.69, 9.17) is 14.8 Å². The molecule has 168 valence electrons. The number of aromatic nitrogens is 7. The second-order valence-corrected chi connectivity index (χ2v) is 7.95. The molecule has 0 saturated carbocycles. The van der Waals surface area contributed by atoms with Crippen molar-refractivity contribution in [1.29, 1.82) is 0 Å². The molecule has 4 aromatic heterocycles. The molecule has 0 unspecified atom stereocenters. The van der Waals surface area contributed by atoms with E-state index in [2.05, 4.69) is 41.2 Å². The fraction of sp³-hybridized carbons (Fsp3) is 0.435. The van der Waals surface area contributed by atoms with Crippen LogP contribution >= 0.6 is 0 Å². The van der Waals surface area contributed by atoms with Crippen molar-refractivity contribution in [1.82, 2.24) is 34.5 Å². The Balaban J connectivity index is 1.81. The van der Waals surface area contributed by atoms with Gasteiger partial charge in [0.25, 0.3) is 0 Å². The second kappa shape index (κ2) is 9.33.